The number of halogens is 3. The molecule has 0 radical (unpaired) electrons. The Morgan fingerprint density at radius 1 is 1.12 bits per heavy atom. The largest absolute Gasteiger partial charge is 0.534 e. The quantitative estimate of drug-likeness (QED) is 0.184. The van der Waals surface area contributed by atoms with Gasteiger partial charge in [-0.1, -0.05) is 36.6 Å². The third kappa shape index (κ3) is 7.34. The van der Waals surface area contributed by atoms with E-state index in [9.17, 15) is 31.2 Å². The van der Waals surface area contributed by atoms with Gasteiger partial charge in [0.1, 0.15) is 24.6 Å². The number of rotatable bonds is 9. The number of ether oxygens (including phenoxy) is 1. The molecule has 1 aromatic rings. The topological polar surface area (TPSA) is 120 Å². The second-order valence-corrected chi connectivity index (χ2v) is 8.91. The fraction of sp³-hybridized carbons (Fsp3) is 0.550. The lowest BCUT2D eigenvalue weighted by atomic mass is 9.85. The number of carbonyl (C=O) groups excluding carboxylic acids is 2. The monoisotopic (exact) mass is 494 g/mol. The van der Waals surface area contributed by atoms with Gasteiger partial charge in [-0.25, -0.2) is 4.79 Å². The van der Waals surface area contributed by atoms with Crippen LogP contribution in [-0.2, 0) is 35.7 Å². The van der Waals surface area contributed by atoms with Gasteiger partial charge in [0.15, 0.2) is 0 Å². The highest BCUT2D eigenvalue weighted by molar-refractivity contribution is 7.88. The van der Waals surface area contributed by atoms with Gasteiger partial charge in [-0.05, 0) is 30.5 Å². The molecule has 1 atom stereocenters. The molecular weight excluding hydrogens is 469 g/mol. The van der Waals surface area contributed by atoms with Gasteiger partial charge in [-0.15, -0.1) is 0 Å². The van der Waals surface area contributed by atoms with E-state index >= 15 is 0 Å². The minimum atomic E-state index is -5.80. The molecule has 1 saturated carbocycles. The minimum Gasteiger partial charge on any atom is -0.467 e. The SMILES string of the molecule is CON=C(C(=O)N[C@@H](Cc1ccc(OS(=O)(=O)C(F)(F)F)cc1)C(=O)OC)C1CCCCC1. The summed E-state index contributed by atoms with van der Waals surface area (Å²) >= 11 is 0. The van der Waals surface area contributed by atoms with Gasteiger partial charge in [0.2, 0.25) is 0 Å². The van der Waals surface area contributed by atoms with Gasteiger partial charge in [-0.2, -0.15) is 21.6 Å². The lowest BCUT2D eigenvalue weighted by molar-refractivity contribution is -0.144. The van der Waals surface area contributed by atoms with Gasteiger partial charge in [-0.3, -0.25) is 4.79 Å². The second kappa shape index (κ2) is 11.3. The van der Waals surface area contributed by atoms with Crippen molar-refractivity contribution in [3.8, 4) is 5.75 Å². The number of esters is 1. The molecule has 1 N–H and O–H groups in total. The number of oxime groups is 1. The summed E-state index contributed by atoms with van der Waals surface area (Å²) in [4.78, 5) is 29.9. The molecule has 1 aromatic carbocycles. The summed E-state index contributed by atoms with van der Waals surface area (Å²) < 4.78 is 68.3. The molecule has 0 bridgehead atoms. The van der Waals surface area contributed by atoms with Crippen LogP contribution in [0, 0.1) is 5.92 Å². The smallest absolute Gasteiger partial charge is 0.467 e. The number of alkyl halides is 3. The summed E-state index contributed by atoms with van der Waals surface area (Å²) in [5.74, 6) is -2.00. The van der Waals surface area contributed by atoms with E-state index in [-0.39, 0.29) is 18.1 Å². The normalized spacial score (nSPS) is 16.6. The van der Waals surface area contributed by atoms with Crippen LogP contribution >= 0.6 is 0 Å². The van der Waals surface area contributed by atoms with Crippen LogP contribution in [0.25, 0.3) is 0 Å². The van der Waals surface area contributed by atoms with E-state index in [1.165, 1.54) is 19.2 Å². The van der Waals surface area contributed by atoms with Crippen molar-refractivity contribution in [2.24, 2.45) is 11.1 Å². The van der Waals surface area contributed by atoms with E-state index in [1.54, 1.807) is 0 Å². The Bertz CT molecular complexity index is 957. The number of hydrogen-bond donors (Lipinski definition) is 1. The molecule has 0 aromatic heterocycles. The molecule has 33 heavy (non-hydrogen) atoms. The van der Waals surface area contributed by atoms with E-state index in [0.717, 1.165) is 51.3 Å². The summed E-state index contributed by atoms with van der Waals surface area (Å²) in [5, 5.41) is 6.42. The van der Waals surface area contributed by atoms with Crippen molar-refractivity contribution in [1.82, 2.24) is 5.32 Å². The van der Waals surface area contributed by atoms with Crippen LogP contribution in [0.5, 0.6) is 5.75 Å². The van der Waals surface area contributed by atoms with Gasteiger partial charge >= 0.3 is 21.6 Å². The molecular formula is C20H25F3N2O7S. The van der Waals surface area contributed by atoms with Crippen LogP contribution in [0.2, 0.25) is 0 Å². The first-order valence-corrected chi connectivity index (χ1v) is 11.5. The zero-order valence-electron chi connectivity index (χ0n) is 18.1. The highest BCUT2D eigenvalue weighted by Crippen LogP contribution is 2.27. The maximum absolute atomic E-state index is 12.8. The summed E-state index contributed by atoms with van der Waals surface area (Å²) in [6.45, 7) is 0. The lowest BCUT2D eigenvalue weighted by Crippen LogP contribution is -2.47. The molecule has 1 aliphatic rings. The number of nitrogens with one attached hydrogen (secondary N) is 1. The average molecular weight is 494 g/mol. The number of amides is 1. The number of nitrogens with zero attached hydrogens (tertiary/aromatic N) is 1. The van der Waals surface area contributed by atoms with Crippen LogP contribution in [0.1, 0.15) is 37.7 Å². The first kappa shape index (κ1) is 26.4. The van der Waals surface area contributed by atoms with Crippen molar-refractivity contribution >= 4 is 27.7 Å². The number of methoxy groups -OCH3 is 1. The Kier molecular flexibility index (Phi) is 9.08. The van der Waals surface area contributed by atoms with E-state index in [1.807, 2.05) is 0 Å². The molecule has 13 heteroatoms. The van der Waals surface area contributed by atoms with Crippen LogP contribution in [0.15, 0.2) is 29.4 Å². The predicted octanol–water partition coefficient (Wildman–Crippen LogP) is 2.70. The van der Waals surface area contributed by atoms with Crippen LogP contribution in [0.3, 0.4) is 0 Å². The molecule has 1 fully saturated rings. The number of hydrogen-bond acceptors (Lipinski definition) is 8. The van der Waals surface area contributed by atoms with Crippen molar-refractivity contribution in [1.29, 1.82) is 0 Å². The van der Waals surface area contributed by atoms with Crippen LogP contribution in [0.4, 0.5) is 13.2 Å². The summed E-state index contributed by atoms with van der Waals surface area (Å²) in [6, 6.07) is 3.44. The van der Waals surface area contributed by atoms with Gasteiger partial charge in [0.05, 0.1) is 7.11 Å². The first-order chi connectivity index (χ1) is 15.5. The summed E-state index contributed by atoms with van der Waals surface area (Å²) in [7, 11) is -3.34. The molecule has 0 spiro atoms. The molecule has 9 nitrogen and oxygen atoms in total. The van der Waals surface area contributed by atoms with E-state index in [0.29, 0.717) is 5.56 Å². The Morgan fingerprint density at radius 2 is 1.73 bits per heavy atom. The number of benzene rings is 1. The molecule has 0 heterocycles. The fourth-order valence-corrected chi connectivity index (χ4v) is 3.89. The highest BCUT2D eigenvalue weighted by Gasteiger charge is 2.48. The highest BCUT2D eigenvalue weighted by atomic mass is 32.2. The lowest BCUT2D eigenvalue weighted by Gasteiger charge is -2.24. The van der Waals surface area contributed by atoms with E-state index < -0.39 is 39.3 Å². The van der Waals surface area contributed by atoms with Crippen molar-refractivity contribution in [3.63, 3.8) is 0 Å². The zero-order chi connectivity index (χ0) is 24.6. The van der Waals surface area contributed by atoms with Crippen molar-refractivity contribution in [3.05, 3.63) is 29.8 Å². The van der Waals surface area contributed by atoms with Crippen molar-refractivity contribution < 1.29 is 44.9 Å². The Labute approximate surface area is 189 Å². The van der Waals surface area contributed by atoms with Crippen molar-refractivity contribution in [2.75, 3.05) is 14.2 Å². The van der Waals surface area contributed by atoms with Crippen LogP contribution in [-0.4, -0.2) is 51.8 Å². The van der Waals surface area contributed by atoms with Gasteiger partial charge < -0.3 is 19.1 Å². The summed E-state index contributed by atoms with van der Waals surface area (Å²) in [5.41, 5.74) is -4.98. The maximum Gasteiger partial charge on any atom is 0.534 e. The van der Waals surface area contributed by atoms with E-state index in [2.05, 4.69) is 14.7 Å². The number of carbonyl (C=O) groups is 2. The van der Waals surface area contributed by atoms with E-state index in [4.69, 9.17) is 9.57 Å². The third-order valence-corrected chi connectivity index (χ3v) is 6.04. The standard InChI is InChI=1S/C20H25F3N2O7S/c1-30-19(27)16(24-18(26)17(25-31-2)14-6-4-3-5-7-14)12-13-8-10-15(11-9-13)32-33(28,29)20(21,22)23/h8-11,14,16H,3-7,12H2,1-2H3,(H,24,26)/t16-/m0/s1. The maximum atomic E-state index is 12.8. The Morgan fingerprint density at radius 3 is 2.24 bits per heavy atom. The first-order valence-electron chi connectivity index (χ1n) is 10.1. The van der Waals surface area contributed by atoms with Crippen molar-refractivity contribution in [2.45, 2.75) is 50.1 Å². The molecule has 1 aliphatic carbocycles. The molecule has 0 unspecified atom stereocenters. The molecule has 184 valence electrons. The third-order valence-electron chi connectivity index (χ3n) is 5.06. The summed E-state index contributed by atoms with van der Waals surface area (Å²) in [6.07, 6.45) is 4.41. The van der Waals surface area contributed by atoms with Gasteiger partial charge in [0, 0.05) is 12.3 Å². The fourth-order valence-electron chi connectivity index (χ4n) is 3.43. The Balaban J connectivity index is 2.13. The van der Waals surface area contributed by atoms with Gasteiger partial charge in [0.25, 0.3) is 5.91 Å². The molecule has 0 saturated heterocycles. The van der Waals surface area contributed by atoms with Crippen LogP contribution < -0.4 is 9.50 Å². The predicted molar refractivity (Wildman–Crippen MR) is 111 cm³/mol. The zero-order valence-corrected chi connectivity index (χ0v) is 18.9. The molecule has 2 rings (SSSR count). The minimum absolute atomic E-state index is 0.0738. The Hall–Kier alpha value is -2.83. The second-order valence-electron chi connectivity index (χ2n) is 7.37. The average Bonchev–Trinajstić information content (AvgIpc) is 2.77. The molecule has 1 amide bonds. The molecule has 0 aliphatic heterocycles.